The van der Waals surface area contributed by atoms with Crippen LogP contribution in [0.5, 0.6) is 0 Å². The zero-order valence-corrected chi connectivity index (χ0v) is 14.8. The lowest BCUT2D eigenvalue weighted by Crippen LogP contribution is -2.43. The number of halogens is 4. The Morgan fingerprint density at radius 2 is 2.07 bits per heavy atom. The summed E-state index contributed by atoms with van der Waals surface area (Å²) in [7, 11) is 0. The molecule has 4 rings (SSSR count). The average molecular weight is 383 g/mol. The highest BCUT2D eigenvalue weighted by Crippen LogP contribution is 2.29. The van der Waals surface area contributed by atoms with Crippen LogP contribution in [0.3, 0.4) is 0 Å². The van der Waals surface area contributed by atoms with E-state index in [4.69, 9.17) is 0 Å². The van der Waals surface area contributed by atoms with Gasteiger partial charge in [-0.1, -0.05) is 0 Å². The molecule has 0 spiro atoms. The Morgan fingerprint density at radius 3 is 2.78 bits per heavy atom. The molecule has 0 saturated carbocycles. The van der Waals surface area contributed by atoms with Gasteiger partial charge in [-0.2, -0.15) is 18.3 Å². The van der Waals surface area contributed by atoms with Crippen molar-refractivity contribution in [3.8, 4) is 0 Å². The van der Waals surface area contributed by atoms with Gasteiger partial charge in [0.05, 0.1) is 12.2 Å². The molecule has 9 heteroatoms. The first-order chi connectivity index (χ1) is 12.9. The lowest BCUT2D eigenvalue weighted by molar-refractivity contribution is -0.155. The summed E-state index contributed by atoms with van der Waals surface area (Å²) in [6.45, 7) is 2.66. The maximum atomic E-state index is 14.0. The molecule has 0 radical (unpaired) electrons. The summed E-state index contributed by atoms with van der Waals surface area (Å²) in [5, 5.41) is 6.94. The number of rotatable bonds is 3. The highest BCUT2D eigenvalue weighted by Gasteiger charge is 2.40. The second-order valence-electron chi connectivity index (χ2n) is 7.16. The highest BCUT2D eigenvalue weighted by atomic mass is 19.4. The fraction of sp³-hybridized carbons (Fsp3) is 0.556. The standard InChI is InChI=1S/C18H21F4N5/c19-14-2-1-5-23-17(14)15-8-13-11-26(6-7-27(13)25-15)10-12-3-4-16(24-9-12)18(20,21)22/h5,8-9,16,24H,1-4,6-7,10-11H2. The summed E-state index contributed by atoms with van der Waals surface area (Å²) in [4.78, 5) is 6.32. The lowest BCUT2D eigenvalue weighted by Gasteiger charge is -2.31. The van der Waals surface area contributed by atoms with Gasteiger partial charge in [-0.3, -0.25) is 14.6 Å². The van der Waals surface area contributed by atoms with E-state index in [0.29, 0.717) is 50.3 Å². The van der Waals surface area contributed by atoms with Gasteiger partial charge >= 0.3 is 6.18 Å². The molecule has 1 aromatic heterocycles. The fourth-order valence-corrected chi connectivity index (χ4v) is 3.69. The maximum Gasteiger partial charge on any atom is 0.408 e. The number of nitrogens with zero attached hydrogens (tertiary/aromatic N) is 4. The molecule has 1 atom stereocenters. The van der Waals surface area contributed by atoms with Crippen molar-refractivity contribution in [2.45, 2.75) is 51.0 Å². The van der Waals surface area contributed by atoms with Crippen LogP contribution in [0.4, 0.5) is 17.6 Å². The van der Waals surface area contributed by atoms with Crippen LogP contribution in [0.1, 0.15) is 37.1 Å². The van der Waals surface area contributed by atoms with Crippen LogP contribution in [0.25, 0.3) is 5.70 Å². The number of hydrogen-bond acceptors (Lipinski definition) is 4. The lowest BCUT2D eigenvalue weighted by atomic mass is 10.0. The van der Waals surface area contributed by atoms with Crippen LogP contribution < -0.4 is 5.32 Å². The Bertz CT molecular complexity index is 805. The summed E-state index contributed by atoms with van der Waals surface area (Å²) in [5.74, 6) is -0.234. The first kappa shape index (κ1) is 18.2. The van der Waals surface area contributed by atoms with E-state index in [1.54, 1.807) is 6.21 Å². The number of allylic oxidation sites excluding steroid dienone is 1. The summed E-state index contributed by atoms with van der Waals surface area (Å²) in [6, 6.07) is 0.405. The SMILES string of the molecule is FC1=C(c2cc3n(n2)CCN(CC2=CNC(C(F)(F)F)CC2)C3)N=CCC1. The molecule has 146 valence electrons. The third-order valence-corrected chi connectivity index (χ3v) is 5.15. The van der Waals surface area contributed by atoms with E-state index < -0.39 is 12.2 Å². The van der Waals surface area contributed by atoms with Crippen LogP contribution in [-0.2, 0) is 13.1 Å². The van der Waals surface area contributed by atoms with Gasteiger partial charge in [0.2, 0.25) is 0 Å². The first-order valence-corrected chi connectivity index (χ1v) is 9.11. The number of aromatic nitrogens is 2. The molecular weight excluding hydrogens is 362 g/mol. The minimum atomic E-state index is -4.21. The van der Waals surface area contributed by atoms with E-state index in [9.17, 15) is 17.6 Å². The summed E-state index contributed by atoms with van der Waals surface area (Å²) in [6.07, 6.45) is 0.473. The zero-order chi connectivity index (χ0) is 19.0. The average Bonchev–Trinajstić information content (AvgIpc) is 3.05. The molecule has 4 heterocycles. The van der Waals surface area contributed by atoms with Crippen molar-refractivity contribution in [3.05, 3.63) is 35.1 Å². The minimum absolute atomic E-state index is 0.0662. The summed E-state index contributed by atoms with van der Waals surface area (Å²) in [5.41, 5.74) is 2.79. The Morgan fingerprint density at radius 1 is 1.22 bits per heavy atom. The van der Waals surface area contributed by atoms with Crippen molar-refractivity contribution in [1.29, 1.82) is 0 Å². The molecule has 1 aromatic rings. The minimum Gasteiger partial charge on any atom is -0.380 e. The Balaban J connectivity index is 1.41. The monoisotopic (exact) mass is 383 g/mol. The van der Waals surface area contributed by atoms with Gasteiger partial charge in [-0.15, -0.1) is 0 Å². The summed E-state index contributed by atoms with van der Waals surface area (Å²) < 4.78 is 54.0. The third kappa shape index (κ3) is 3.92. The van der Waals surface area contributed by atoms with Gasteiger partial charge in [-0.25, -0.2) is 4.39 Å². The number of hydrogen-bond donors (Lipinski definition) is 1. The van der Waals surface area contributed by atoms with Crippen LogP contribution in [0.2, 0.25) is 0 Å². The molecule has 1 unspecified atom stereocenters. The van der Waals surface area contributed by atoms with Gasteiger partial charge in [0.15, 0.2) is 0 Å². The quantitative estimate of drug-likeness (QED) is 0.814. The highest BCUT2D eigenvalue weighted by molar-refractivity contribution is 5.76. The van der Waals surface area contributed by atoms with Gasteiger partial charge < -0.3 is 5.32 Å². The van der Waals surface area contributed by atoms with E-state index in [-0.39, 0.29) is 12.2 Å². The Kier molecular flexibility index (Phi) is 4.79. The van der Waals surface area contributed by atoms with Crippen LogP contribution in [-0.4, -0.2) is 46.2 Å². The van der Waals surface area contributed by atoms with E-state index in [1.807, 2.05) is 10.7 Å². The predicted molar refractivity (Wildman–Crippen MR) is 93.6 cm³/mol. The molecule has 1 N–H and O–H groups in total. The topological polar surface area (TPSA) is 45.5 Å². The third-order valence-electron chi connectivity index (χ3n) is 5.15. The van der Waals surface area contributed by atoms with Crippen molar-refractivity contribution in [2.75, 3.05) is 13.1 Å². The Hall–Kier alpha value is -2.16. The molecule has 0 aliphatic carbocycles. The molecule has 0 saturated heterocycles. The second-order valence-corrected chi connectivity index (χ2v) is 7.16. The molecule has 5 nitrogen and oxygen atoms in total. The number of nitrogens with one attached hydrogen (secondary N) is 1. The van der Waals surface area contributed by atoms with Gasteiger partial charge in [-0.05, 0) is 37.1 Å². The van der Waals surface area contributed by atoms with Crippen LogP contribution in [0.15, 0.2) is 28.7 Å². The number of aliphatic imine (C=N–C) groups is 1. The van der Waals surface area contributed by atoms with Crippen molar-refractivity contribution in [2.24, 2.45) is 4.99 Å². The molecule has 3 aliphatic rings. The smallest absolute Gasteiger partial charge is 0.380 e. The van der Waals surface area contributed by atoms with Crippen molar-refractivity contribution in [3.63, 3.8) is 0 Å². The largest absolute Gasteiger partial charge is 0.408 e. The van der Waals surface area contributed by atoms with Gasteiger partial charge in [0.25, 0.3) is 0 Å². The second kappa shape index (κ2) is 7.10. The molecule has 27 heavy (non-hydrogen) atoms. The molecule has 0 bridgehead atoms. The first-order valence-electron chi connectivity index (χ1n) is 9.11. The van der Waals surface area contributed by atoms with Crippen LogP contribution >= 0.6 is 0 Å². The van der Waals surface area contributed by atoms with Crippen molar-refractivity contribution >= 4 is 11.9 Å². The Labute approximate surface area is 154 Å². The van der Waals surface area contributed by atoms with E-state index in [2.05, 4.69) is 20.3 Å². The maximum absolute atomic E-state index is 14.0. The van der Waals surface area contributed by atoms with E-state index >= 15 is 0 Å². The molecule has 3 aliphatic heterocycles. The zero-order valence-electron chi connectivity index (χ0n) is 14.8. The normalized spacial score (nSPS) is 23.9. The van der Waals surface area contributed by atoms with E-state index in [1.165, 1.54) is 6.20 Å². The molecule has 0 amide bonds. The number of fused-ring (bicyclic) bond motifs is 1. The van der Waals surface area contributed by atoms with Crippen molar-refractivity contribution in [1.82, 2.24) is 20.0 Å². The molecular formula is C18H21F4N5. The van der Waals surface area contributed by atoms with Gasteiger partial charge in [0, 0.05) is 32.3 Å². The van der Waals surface area contributed by atoms with Gasteiger partial charge in [0.1, 0.15) is 23.3 Å². The predicted octanol–water partition coefficient (Wildman–Crippen LogP) is 3.40. The fourth-order valence-electron chi connectivity index (χ4n) is 3.69. The molecule has 0 fully saturated rings. The summed E-state index contributed by atoms with van der Waals surface area (Å²) >= 11 is 0. The molecule has 0 aromatic carbocycles. The number of alkyl halides is 3. The van der Waals surface area contributed by atoms with Crippen molar-refractivity contribution < 1.29 is 17.6 Å². The van der Waals surface area contributed by atoms with E-state index in [0.717, 1.165) is 17.8 Å². The van der Waals surface area contributed by atoms with Crippen LogP contribution in [0, 0.1) is 0 Å².